The lowest BCUT2D eigenvalue weighted by molar-refractivity contribution is -0.384. The first kappa shape index (κ1) is 12.7. The van der Waals surface area contributed by atoms with Crippen molar-refractivity contribution in [3.63, 3.8) is 0 Å². The molecule has 2 N–H and O–H groups in total. The molecule has 8 heteroatoms. The van der Waals surface area contributed by atoms with Gasteiger partial charge in [-0.15, -0.1) is 0 Å². The Kier molecular flexibility index (Phi) is 2.83. The minimum atomic E-state index is -0.638. The van der Waals surface area contributed by atoms with Crippen molar-refractivity contribution < 1.29 is 4.92 Å². The molecule has 0 aliphatic heterocycles. The summed E-state index contributed by atoms with van der Waals surface area (Å²) in [4.78, 5) is 41.7. The van der Waals surface area contributed by atoms with E-state index in [0.29, 0.717) is 11.3 Å². The molecule has 3 aromatic rings. The van der Waals surface area contributed by atoms with E-state index in [1.807, 2.05) is 0 Å². The molecule has 0 saturated carbocycles. The molecule has 0 bridgehead atoms. The number of non-ortho nitro benzene ring substituents is 1. The Morgan fingerprint density at radius 2 is 1.71 bits per heavy atom. The van der Waals surface area contributed by atoms with Crippen LogP contribution in [0.4, 0.5) is 5.69 Å². The summed E-state index contributed by atoms with van der Waals surface area (Å²) in [5.41, 5.74) is 0.128. The van der Waals surface area contributed by atoms with Crippen LogP contribution in [-0.2, 0) is 0 Å². The fourth-order valence-corrected chi connectivity index (χ4v) is 1.96. The number of nitro benzene ring substituents is 1. The van der Waals surface area contributed by atoms with Gasteiger partial charge in [-0.3, -0.25) is 24.9 Å². The first-order valence-corrected chi connectivity index (χ1v) is 5.93. The zero-order chi connectivity index (χ0) is 15.0. The maximum absolute atomic E-state index is 11.6. The van der Waals surface area contributed by atoms with Gasteiger partial charge < -0.3 is 0 Å². The molecule has 2 heterocycles. The number of nitro groups is 1. The van der Waals surface area contributed by atoms with Gasteiger partial charge in [0.2, 0.25) is 0 Å². The predicted octanol–water partition coefficient (Wildman–Crippen LogP) is 1.19. The first-order valence-electron chi connectivity index (χ1n) is 5.93. The average Bonchev–Trinajstić information content (AvgIpc) is 2.46. The molecule has 1 aromatic carbocycles. The molecule has 0 spiro atoms. The monoisotopic (exact) mass is 284 g/mol. The van der Waals surface area contributed by atoms with Gasteiger partial charge in [0.05, 0.1) is 16.0 Å². The normalized spacial score (nSPS) is 10.7. The van der Waals surface area contributed by atoms with Gasteiger partial charge in [0.1, 0.15) is 5.65 Å². The fourth-order valence-electron chi connectivity index (χ4n) is 1.96. The molecule has 0 unspecified atom stereocenters. The molecular formula is C13H8N4O4. The Morgan fingerprint density at radius 3 is 2.38 bits per heavy atom. The fraction of sp³-hybridized carbons (Fsp3) is 0. The van der Waals surface area contributed by atoms with Gasteiger partial charge in [0.25, 0.3) is 11.2 Å². The molecule has 0 amide bonds. The number of nitrogens with one attached hydrogen (secondary N) is 2. The minimum absolute atomic E-state index is 0.0237. The molecule has 8 nitrogen and oxygen atoms in total. The summed E-state index contributed by atoms with van der Waals surface area (Å²) >= 11 is 0. The van der Waals surface area contributed by atoms with Crippen molar-refractivity contribution in [2.75, 3.05) is 0 Å². The summed E-state index contributed by atoms with van der Waals surface area (Å²) in [7, 11) is 0. The van der Waals surface area contributed by atoms with Crippen LogP contribution in [0.15, 0.2) is 46.0 Å². The van der Waals surface area contributed by atoms with E-state index in [9.17, 15) is 19.7 Å². The van der Waals surface area contributed by atoms with Crippen LogP contribution in [-0.4, -0.2) is 19.9 Å². The zero-order valence-corrected chi connectivity index (χ0v) is 10.5. The highest BCUT2D eigenvalue weighted by Crippen LogP contribution is 2.21. The number of pyridine rings is 1. The SMILES string of the molecule is O=c1[nH]c(=O)c2ccc(-c3ccc([N+](=O)[O-])cc3)nc2[nH]1. The van der Waals surface area contributed by atoms with Crippen LogP contribution in [0.25, 0.3) is 22.3 Å². The summed E-state index contributed by atoms with van der Waals surface area (Å²) in [5.74, 6) is 0. The highest BCUT2D eigenvalue weighted by atomic mass is 16.6. The van der Waals surface area contributed by atoms with Crippen molar-refractivity contribution in [1.29, 1.82) is 0 Å². The summed E-state index contributed by atoms with van der Waals surface area (Å²) in [6.45, 7) is 0. The molecular weight excluding hydrogens is 276 g/mol. The van der Waals surface area contributed by atoms with Crippen LogP contribution in [0.5, 0.6) is 0 Å². The van der Waals surface area contributed by atoms with Gasteiger partial charge in [0, 0.05) is 17.7 Å². The lowest BCUT2D eigenvalue weighted by Crippen LogP contribution is -2.22. The second-order valence-electron chi connectivity index (χ2n) is 4.30. The highest BCUT2D eigenvalue weighted by molar-refractivity contribution is 5.77. The van der Waals surface area contributed by atoms with E-state index in [-0.39, 0.29) is 16.7 Å². The third-order valence-electron chi connectivity index (χ3n) is 2.97. The van der Waals surface area contributed by atoms with Crippen LogP contribution in [0.3, 0.4) is 0 Å². The van der Waals surface area contributed by atoms with E-state index in [1.54, 1.807) is 18.2 Å². The number of fused-ring (bicyclic) bond motifs is 1. The van der Waals surface area contributed by atoms with E-state index >= 15 is 0 Å². The Labute approximate surface area is 116 Å². The largest absolute Gasteiger partial charge is 0.327 e. The van der Waals surface area contributed by atoms with E-state index in [1.165, 1.54) is 18.2 Å². The Morgan fingerprint density at radius 1 is 1.00 bits per heavy atom. The van der Waals surface area contributed by atoms with E-state index < -0.39 is 16.2 Å². The molecule has 0 fully saturated rings. The number of nitrogens with zero attached hydrogens (tertiary/aromatic N) is 2. The Bertz CT molecular complexity index is 956. The molecule has 0 aliphatic rings. The van der Waals surface area contributed by atoms with Crippen LogP contribution in [0.2, 0.25) is 0 Å². The summed E-state index contributed by atoms with van der Waals surface area (Å²) in [6, 6.07) is 8.98. The van der Waals surface area contributed by atoms with Crippen LogP contribution in [0, 0.1) is 10.1 Å². The molecule has 0 atom stereocenters. The standard InChI is InChI=1S/C13H8N4O4/c18-12-9-5-6-10(14-11(9)15-13(19)16-12)7-1-3-8(4-2-7)17(20)21/h1-6H,(H2,14,15,16,18,19). The highest BCUT2D eigenvalue weighted by Gasteiger charge is 2.08. The van der Waals surface area contributed by atoms with Gasteiger partial charge in [-0.2, -0.15) is 0 Å². The van der Waals surface area contributed by atoms with Crippen molar-refractivity contribution in [2.24, 2.45) is 0 Å². The number of rotatable bonds is 2. The topological polar surface area (TPSA) is 122 Å². The van der Waals surface area contributed by atoms with Gasteiger partial charge in [0.15, 0.2) is 0 Å². The van der Waals surface area contributed by atoms with Crippen LogP contribution in [0.1, 0.15) is 0 Å². The van der Waals surface area contributed by atoms with Crippen molar-refractivity contribution in [3.05, 3.63) is 67.4 Å². The van der Waals surface area contributed by atoms with Crippen LogP contribution < -0.4 is 11.2 Å². The lowest BCUT2D eigenvalue weighted by Gasteiger charge is -2.02. The molecule has 2 aromatic heterocycles. The quantitative estimate of drug-likeness (QED) is 0.540. The predicted molar refractivity (Wildman–Crippen MR) is 75.1 cm³/mol. The zero-order valence-electron chi connectivity index (χ0n) is 10.5. The van der Waals surface area contributed by atoms with Gasteiger partial charge in [-0.25, -0.2) is 9.78 Å². The maximum Gasteiger partial charge on any atom is 0.327 e. The minimum Gasteiger partial charge on any atom is -0.291 e. The average molecular weight is 284 g/mol. The number of H-pyrrole nitrogens is 2. The smallest absolute Gasteiger partial charge is 0.291 e. The Balaban J connectivity index is 2.14. The molecule has 0 saturated heterocycles. The summed E-state index contributed by atoms with van der Waals surface area (Å²) in [6.07, 6.45) is 0. The number of hydrogen-bond donors (Lipinski definition) is 2. The first-order chi connectivity index (χ1) is 10.0. The van der Waals surface area contributed by atoms with Gasteiger partial charge >= 0.3 is 5.69 Å². The molecule has 3 rings (SSSR count). The molecule has 104 valence electrons. The van der Waals surface area contributed by atoms with Crippen LogP contribution >= 0.6 is 0 Å². The van der Waals surface area contributed by atoms with Crippen molar-refractivity contribution in [2.45, 2.75) is 0 Å². The van der Waals surface area contributed by atoms with Gasteiger partial charge in [-0.1, -0.05) is 0 Å². The maximum atomic E-state index is 11.6. The second kappa shape index (κ2) is 4.67. The summed E-state index contributed by atoms with van der Waals surface area (Å²) < 4.78 is 0. The third-order valence-corrected chi connectivity index (χ3v) is 2.97. The van der Waals surface area contributed by atoms with E-state index in [4.69, 9.17) is 0 Å². The molecule has 21 heavy (non-hydrogen) atoms. The number of aromatic nitrogens is 3. The molecule has 0 radical (unpaired) electrons. The number of hydrogen-bond acceptors (Lipinski definition) is 5. The van der Waals surface area contributed by atoms with Crippen molar-refractivity contribution in [3.8, 4) is 11.3 Å². The summed E-state index contributed by atoms with van der Waals surface area (Å²) in [5, 5.41) is 10.9. The van der Waals surface area contributed by atoms with Crippen molar-refractivity contribution >= 4 is 16.7 Å². The third kappa shape index (κ3) is 2.29. The number of benzene rings is 1. The van der Waals surface area contributed by atoms with E-state index in [0.717, 1.165) is 0 Å². The van der Waals surface area contributed by atoms with Gasteiger partial charge in [-0.05, 0) is 24.3 Å². The Hall–Kier alpha value is -3.29. The number of aromatic amines is 2. The lowest BCUT2D eigenvalue weighted by atomic mass is 10.1. The van der Waals surface area contributed by atoms with E-state index in [2.05, 4.69) is 15.0 Å². The van der Waals surface area contributed by atoms with Crippen molar-refractivity contribution in [1.82, 2.24) is 15.0 Å². The molecule has 0 aliphatic carbocycles. The second-order valence-corrected chi connectivity index (χ2v) is 4.30.